The minimum Gasteiger partial charge on any atom is -0.304 e. The van der Waals surface area contributed by atoms with Gasteiger partial charge in [-0.05, 0) is 44.1 Å². The van der Waals surface area contributed by atoms with Crippen molar-refractivity contribution < 1.29 is 13.3 Å². The lowest BCUT2D eigenvalue weighted by molar-refractivity contribution is -0.384. The molecular formula is C18H24N6O4S2. The monoisotopic (exact) mass is 452 g/mol. The molecule has 0 N–H and O–H groups in total. The number of piperazine rings is 1. The molecule has 0 bridgehead atoms. The smallest absolute Gasteiger partial charge is 0.269 e. The molecular weight excluding hydrogens is 428 g/mol. The SMILES string of the molecule is CCn1c(C2CC2)nn(CN2CCN(S(=O)(=O)c3ccc([N+](=O)[O-])cc3)CC2)c1=S. The number of rotatable bonds is 7. The summed E-state index contributed by atoms with van der Waals surface area (Å²) in [6.45, 7) is 5.21. The molecule has 1 aromatic heterocycles. The average Bonchev–Trinajstić information content (AvgIpc) is 3.53. The molecule has 2 aliphatic rings. The van der Waals surface area contributed by atoms with Crippen molar-refractivity contribution in [1.29, 1.82) is 0 Å². The Balaban J connectivity index is 1.41. The van der Waals surface area contributed by atoms with Crippen LogP contribution in [-0.2, 0) is 23.2 Å². The molecule has 162 valence electrons. The van der Waals surface area contributed by atoms with E-state index in [1.54, 1.807) is 0 Å². The van der Waals surface area contributed by atoms with Crippen molar-refractivity contribution in [2.24, 2.45) is 0 Å². The summed E-state index contributed by atoms with van der Waals surface area (Å²) in [5.41, 5.74) is -0.132. The lowest BCUT2D eigenvalue weighted by Crippen LogP contribution is -2.48. The summed E-state index contributed by atoms with van der Waals surface area (Å²) in [5.74, 6) is 1.57. The first kappa shape index (κ1) is 21.1. The normalized spacial score (nSPS) is 18.6. The molecule has 2 heterocycles. The van der Waals surface area contributed by atoms with Gasteiger partial charge in [-0.2, -0.15) is 9.40 Å². The molecule has 10 nitrogen and oxygen atoms in total. The molecule has 1 aliphatic heterocycles. The van der Waals surface area contributed by atoms with Crippen LogP contribution in [0.1, 0.15) is 31.5 Å². The first-order valence-corrected chi connectivity index (χ1v) is 11.8. The summed E-state index contributed by atoms with van der Waals surface area (Å²) >= 11 is 5.59. The van der Waals surface area contributed by atoms with Crippen LogP contribution in [0, 0.1) is 14.9 Å². The van der Waals surface area contributed by atoms with E-state index in [9.17, 15) is 18.5 Å². The van der Waals surface area contributed by atoms with E-state index in [0.29, 0.717) is 43.5 Å². The highest BCUT2D eigenvalue weighted by atomic mass is 32.2. The van der Waals surface area contributed by atoms with Crippen molar-refractivity contribution in [3.8, 4) is 0 Å². The van der Waals surface area contributed by atoms with Crippen LogP contribution in [0.25, 0.3) is 0 Å². The highest BCUT2D eigenvalue weighted by Gasteiger charge is 2.31. The summed E-state index contributed by atoms with van der Waals surface area (Å²) in [5, 5.41) is 15.5. The molecule has 2 fully saturated rings. The number of nitro groups is 1. The van der Waals surface area contributed by atoms with Gasteiger partial charge in [-0.15, -0.1) is 0 Å². The van der Waals surface area contributed by atoms with Gasteiger partial charge >= 0.3 is 0 Å². The summed E-state index contributed by atoms with van der Waals surface area (Å²) in [6.07, 6.45) is 2.32. The molecule has 0 spiro atoms. The number of nitrogens with zero attached hydrogens (tertiary/aromatic N) is 6. The zero-order valence-corrected chi connectivity index (χ0v) is 18.3. The molecule has 1 saturated heterocycles. The van der Waals surface area contributed by atoms with Crippen molar-refractivity contribution in [2.75, 3.05) is 26.2 Å². The minimum atomic E-state index is -3.68. The van der Waals surface area contributed by atoms with Gasteiger partial charge in [0.2, 0.25) is 10.0 Å². The van der Waals surface area contributed by atoms with Crippen molar-refractivity contribution in [3.05, 3.63) is 45.0 Å². The maximum Gasteiger partial charge on any atom is 0.269 e. The Hall–Kier alpha value is -2.15. The van der Waals surface area contributed by atoms with Gasteiger partial charge in [-0.1, -0.05) is 0 Å². The van der Waals surface area contributed by atoms with E-state index in [0.717, 1.165) is 25.2 Å². The topological polar surface area (TPSA) is 107 Å². The average molecular weight is 453 g/mol. The fourth-order valence-corrected chi connectivity index (χ4v) is 5.42. The van der Waals surface area contributed by atoms with Crippen LogP contribution < -0.4 is 0 Å². The van der Waals surface area contributed by atoms with Crippen LogP contribution in [0.2, 0.25) is 0 Å². The predicted molar refractivity (Wildman–Crippen MR) is 112 cm³/mol. The van der Waals surface area contributed by atoms with Crippen LogP contribution in [0.15, 0.2) is 29.2 Å². The van der Waals surface area contributed by atoms with E-state index in [2.05, 4.69) is 16.4 Å². The number of hydrogen-bond donors (Lipinski definition) is 0. The molecule has 4 rings (SSSR count). The number of hydrogen-bond acceptors (Lipinski definition) is 7. The van der Waals surface area contributed by atoms with E-state index >= 15 is 0 Å². The molecule has 1 aromatic carbocycles. The highest BCUT2D eigenvalue weighted by Crippen LogP contribution is 2.39. The third-order valence-electron chi connectivity index (χ3n) is 5.56. The van der Waals surface area contributed by atoms with E-state index in [-0.39, 0.29) is 10.6 Å². The molecule has 2 aromatic rings. The Labute approximate surface area is 179 Å². The Morgan fingerprint density at radius 1 is 1.17 bits per heavy atom. The van der Waals surface area contributed by atoms with Crippen molar-refractivity contribution >= 4 is 27.9 Å². The minimum absolute atomic E-state index is 0.0690. The van der Waals surface area contributed by atoms with Gasteiger partial charge in [0.25, 0.3) is 5.69 Å². The molecule has 1 aliphatic carbocycles. The molecule has 30 heavy (non-hydrogen) atoms. The van der Waals surface area contributed by atoms with E-state index in [4.69, 9.17) is 17.3 Å². The zero-order chi connectivity index (χ0) is 21.5. The second-order valence-electron chi connectivity index (χ2n) is 7.57. The fourth-order valence-electron chi connectivity index (χ4n) is 3.68. The Morgan fingerprint density at radius 3 is 2.33 bits per heavy atom. The van der Waals surface area contributed by atoms with Crippen molar-refractivity contribution in [3.63, 3.8) is 0 Å². The highest BCUT2D eigenvalue weighted by molar-refractivity contribution is 7.89. The van der Waals surface area contributed by atoms with Crippen molar-refractivity contribution in [2.45, 2.75) is 43.8 Å². The predicted octanol–water partition coefficient (Wildman–Crippen LogP) is 2.18. The first-order chi connectivity index (χ1) is 14.3. The zero-order valence-electron chi connectivity index (χ0n) is 16.7. The number of sulfonamides is 1. The second kappa shape index (κ2) is 8.17. The molecule has 1 saturated carbocycles. The van der Waals surface area contributed by atoms with Gasteiger partial charge in [-0.3, -0.25) is 15.0 Å². The fraction of sp³-hybridized carbons (Fsp3) is 0.556. The Morgan fingerprint density at radius 2 is 1.80 bits per heavy atom. The second-order valence-corrected chi connectivity index (χ2v) is 9.88. The molecule has 12 heteroatoms. The number of non-ortho nitro benzene ring substituents is 1. The standard InChI is InChI=1S/C18H24N6O4S2/c1-2-22-17(14-3-4-14)19-23(18(22)29)13-20-9-11-21(12-10-20)30(27,28)16-7-5-15(6-8-16)24(25)26/h5-8,14H,2-4,9-13H2,1H3. The lowest BCUT2D eigenvalue weighted by Gasteiger charge is -2.33. The van der Waals surface area contributed by atoms with Crippen LogP contribution in [0.5, 0.6) is 0 Å². The molecule has 0 amide bonds. The summed E-state index contributed by atoms with van der Waals surface area (Å²) < 4.78 is 31.8. The molecule has 0 radical (unpaired) electrons. The number of nitro benzene ring substituents is 1. The van der Waals surface area contributed by atoms with Crippen LogP contribution in [0.3, 0.4) is 0 Å². The van der Waals surface area contributed by atoms with E-state index in [1.807, 2.05) is 4.68 Å². The lowest BCUT2D eigenvalue weighted by atomic mass is 10.3. The van der Waals surface area contributed by atoms with Gasteiger partial charge in [0.15, 0.2) is 4.77 Å². The Bertz CT molecular complexity index is 1100. The maximum absolute atomic E-state index is 12.9. The van der Waals surface area contributed by atoms with E-state index < -0.39 is 14.9 Å². The number of aromatic nitrogens is 3. The van der Waals surface area contributed by atoms with Gasteiger partial charge in [0.05, 0.1) is 16.5 Å². The van der Waals surface area contributed by atoms with Gasteiger partial charge in [0.1, 0.15) is 5.82 Å². The third kappa shape index (κ3) is 4.04. The van der Waals surface area contributed by atoms with Gasteiger partial charge < -0.3 is 4.57 Å². The third-order valence-corrected chi connectivity index (χ3v) is 7.90. The molecule has 0 atom stereocenters. The van der Waals surface area contributed by atoms with Crippen LogP contribution >= 0.6 is 12.2 Å². The van der Waals surface area contributed by atoms with Gasteiger partial charge in [-0.25, -0.2) is 13.1 Å². The summed E-state index contributed by atoms with van der Waals surface area (Å²) in [7, 11) is -3.68. The number of benzene rings is 1. The Kier molecular flexibility index (Phi) is 5.75. The van der Waals surface area contributed by atoms with E-state index in [1.165, 1.54) is 28.6 Å². The van der Waals surface area contributed by atoms with Crippen molar-refractivity contribution in [1.82, 2.24) is 23.6 Å². The largest absolute Gasteiger partial charge is 0.304 e. The first-order valence-electron chi connectivity index (χ1n) is 9.95. The van der Waals surface area contributed by atoms with Crippen LogP contribution in [0.4, 0.5) is 5.69 Å². The summed E-state index contributed by atoms with van der Waals surface area (Å²) in [6, 6.07) is 5.00. The van der Waals surface area contributed by atoms with Gasteiger partial charge in [0, 0.05) is 50.8 Å². The van der Waals surface area contributed by atoms with Crippen LogP contribution in [-0.4, -0.2) is 63.1 Å². The molecule has 0 unspecified atom stereocenters. The quantitative estimate of drug-likeness (QED) is 0.360. The summed E-state index contributed by atoms with van der Waals surface area (Å²) in [4.78, 5) is 12.4. The maximum atomic E-state index is 12.9.